The second kappa shape index (κ2) is 4.71. The zero-order chi connectivity index (χ0) is 11.6. The first-order chi connectivity index (χ1) is 6.80. The number of halogens is 3. The second-order valence-corrected chi connectivity index (χ2v) is 5.44. The first kappa shape index (κ1) is 12.8. The Hall–Kier alpha value is -0.270. The molecule has 0 saturated heterocycles. The van der Waals surface area contributed by atoms with Crippen molar-refractivity contribution in [1.82, 2.24) is 4.98 Å². The lowest BCUT2D eigenvalue weighted by Crippen LogP contribution is -2.40. The summed E-state index contributed by atoms with van der Waals surface area (Å²) in [5.41, 5.74) is 6.04. The van der Waals surface area contributed by atoms with E-state index >= 15 is 0 Å². The molecule has 0 amide bonds. The van der Waals surface area contributed by atoms with Crippen LogP contribution in [0.2, 0.25) is 0 Å². The lowest BCUT2D eigenvalue weighted by atomic mass is 10.2. The van der Waals surface area contributed by atoms with Gasteiger partial charge in [-0.05, 0) is 13.8 Å². The van der Waals surface area contributed by atoms with Crippen molar-refractivity contribution in [3.63, 3.8) is 0 Å². The Morgan fingerprint density at radius 2 is 2.13 bits per heavy atom. The van der Waals surface area contributed by atoms with Gasteiger partial charge in [0.15, 0.2) is 4.34 Å². The SMILES string of the molecule is Cc1csc(SC(C(C)N)C(F)(F)F)n1. The van der Waals surface area contributed by atoms with E-state index in [1.54, 1.807) is 12.3 Å². The second-order valence-electron chi connectivity index (χ2n) is 3.19. The molecule has 2 nitrogen and oxygen atoms in total. The maximum Gasteiger partial charge on any atom is 0.402 e. The zero-order valence-corrected chi connectivity index (χ0v) is 9.84. The van der Waals surface area contributed by atoms with Crippen molar-refractivity contribution in [2.24, 2.45) is 5.73 Å². The van der Waals surface area contributed by atoms with Gasteiger partial charge in [-0.1, -0.05) is 11.8 Å². The van der Waals surface area contributed by atoms with Crippen molar-refractivity contribution in [3.05, 3.63) is 11.1 Å². The third-order valence-electron chi connectivity index (χ3n) is 1.63. The Bertz CT molecular complexity index is 322. The summed E-state index contributed by atoms with van der Waals surface area (Å²) in [4.78, 5) is 3.97. The van der Waals surface area contributed by atoms with Crippen molar-refractivity contribution in [2.75, 3.05) is 0 Å². The summed E-state index contributed by atoms with van der Waals surface area (Å²) < 4.78 is 38.0. The standard InChI is InChI=1S/C8H11F3N2S2/c1-4-3-14-7(13-4)15-6(5(2)12)8(9,10)11/h3,5-6H,12H2,1-2H3. The quantitative estimate of drug-likeness (QED) is 0.845. The van der Waals surface area contributed by atoms with Gasteiger partial charge in [-0.2, -0.15) is 13.2 Å². The largest absolute Gasteiger partial charge is 0.402 e. The van der Waals surface area contributed by atoms with E-state index in [1.807, 2.05) is 0 Å². The van der Waals surface area contributed by atoms with Gasteiger partial charge in [0.05, 0.1) is 0 Å². The van der Waals surface area contributed by atoms with Gasteiger partial charge in [-0.15, -0.1) is 11.3 Å². The molecule has 0 radical (unpaired) electrons. The average Bonchev–Trinajstić information content (AvgIpc) is 2.44. The van der Waals surface area contributed by atoms with Gasteiger partial charge in [0.25, 0.3) is 0 Å². The highest BCUT2D eigenvalue weighted by Gasteiger charge is 2.43. The van der Waals surface area contributed by atoms with Gasteiger partial charge in [0.2, 0.25) is 0 Å². The van der Waals surface area contributed by atoms with Gasteiger partial charge in [-0.3, -0.25) is 0 Å². The molecule has 0 aliphatic heterocycles. The highest BCUT2D eigenvalue weighted by Crippen LogP contribution is 2.37. The van der Waals surface area contributed by atoms with Crippen LogP contribution in [-0.4, -0.2) is 22.5 Å². The minimum Gasteiger partial charge on any atom is -0.327 e. The Morgan fingerprint density at radius 3 is 2.47 bits per heavy atom. The predicted molar refractivity (Wildman–Crippen MR) is 56.2 cm³/mol. The molecule has 0 fully saturated rings. The molecule has 86 valence electrons. The molecular weight excluding hydrogens is 245 g/mol. The molecule has 0 bridgehead atoms. The van der Waals surface area contributed by atoms with Gasteiger partial charge < -0.3 is 5.73 Å². The van der Waals surface area contributed by atoms with Crippen LogP contribution in [0.4, 0.5) is 13.2 Å². The summed E-state index contributed by atoms with van der Waals surface area (Å²) in [7, 11) is 0. The first-order valence-corrected chi connectivity index (χ1v) is 5.97. The van der Waals surface area contributed by atoms with Crippen molar-refractivity contribution in [3.8, 4) is 0 Å². The van der Waals surface area contributed by atoms with Crippen LogP contribution in [0.15, 0.2) is 9.72 Å². The molecule has 0 spiro atoms. The molecule has 15 heavy (non-hydrogen) atoms. The summed E-state index contributed by atoms with van der Waals surface area (Å²) in [6.45, 7) is 3.10. The van der Waals surface area contributed by atoms with E-state index in [2.05, 4.69) is 4.98 Å². The van der Waals surface area contributed by atoms with E-state index < -0.39 is 17.5 Å². The fourth-order valence-electron chi connectivity index (χ4n) is 0.967. The zero-order valence-electron chi connectivity index (χ0n) is 8.21. The summed E-state index contributed by atoms with van der Waals surface area (Å²) in [5.74, 6) is 0. The number of nitrogens with zero attached hydrogens (tertiary/aromatic N) is 1. The molecule has 2 N–H and O–H groups in total. The van der Waals surface area contributed by atoms with E-state index in [1.165, 1.54) is 18.3 Å². The lowest BCUT2D eigenvalue weighted by Gasteiger charge is -2.21. The van der Waals surface area contributed by atoms with Gasteiger partial charge in [0, 0.05) is 17.1 Å². The molecule has 0 aliphatic rings. The number of alkyl halides is 3. The number of aryl methyl sites for hydroxylation is 1. The molecule has 1 heterocycles. The summed E-state index contributed by atoms with van der Waals surface area (Å²) in [6, 6.07) is -0.945. The summed E-state index contributed by atoms with van der Waals surface area (Å²) in [6.07, 6.45) is -4.29. The molecule has 1 aromatic rings. The monoisotopic (exact) mass is 256 g/mol. The maximum absolute atomic E-state index is 12.5. The number of rotatable bonds is 3. The molecule has 0 aromatic carbocycles. The van der Waals surface area contributed by atoms with Crippen molar-refractivity contribution in [2.45, 2.75) is 35.7 Å². The van der Waals surface area contributed by atoms with Crippen LogP contribution in [0.25, 0.3) is 0 Å². The highest BCUT2D eigenvalue weighted by molar-refractivity contribution is 8.01. The van der Waals surface area contributed by atoms with E-state index in [-0.39, 0.29) is 0 Å². The van der Waals surface area contributed by atoms with Crippen molar-refractivity contribution in [1.29, 1.82) is 0 Å². The number of hydrogen-bond donors (Lipinski definition) is 1. The molecule has 0 saturated carbocycles. The maximum atomic E-state index is 12.5. The van der Waals surface area contributed by atoms with Crippen LogP contribution in [0.3, 0.4) is 0 Å². The normalized spacial score (nSPS) is 16.4. The molecule has 2 unspecified atom stereocenters. The third-order valence-corrected chi connectivity index (χ3v) is 4.20. The summed E-state index contributed by atoms with van der Waals surface area (Å²) in [5, 5.41) is 0.125. The van der Waals surface area contributed by atoms with E-state index in [0.717, 1.165) is 5.69 Å². The fraction of sp³-hybridized carbons (Fsp3) is 0.625. The number of hydrogen-bond acceptors (Lipinski definition) is 4. The van der Waals surface area contributed by atoms with Crippen LogP contribution < -0.4 is 5.73 Å². The van der Waals surface area contributed by atoms with Crippen LogP contribution >= 0.6 is 23.1 Å². The minimum atomic E-state index is -4.29. The Kier molecular flexibility index (Phi) is 4.02. The van der Waals surface area contributed by atoms with Gasteiger partial charge in [0.1, 0.15) is 5.25 Å². The van der Waals surface area contributed by atoms with E-state index in [4.69, 9.17) is 5.73 Å². The molecule has 7 heteroatoms. The van der Waals surface area contributed by atoms with Crippen LogP contribution in [0, 0.1) is 6.92 Å². The molecular formula is C8H11F3N2S2. The third kappa shape index (κ3) is 3.66. The average molecular weight is 256 g/mol. The highest BCUT2D eigenvalue weighted by atomic mass is 32.2. The predicted octanol–water partition coefficient (Wildman–Crippen LogP) is 2.82. The Labute approximate surface area is 94.1 Å². The number of thioether (sulfide) groups is 1. The van der Waals surface area contributed by atoms with Crippen LogP contribution in [-0.2, 0) is 0 Å². The molecule has 2 atom stereocenters. The first-order valence-electron chi connectivity index (χ1n) is 4.22. The minimum absolute atomic E-state index is 0.409. The topological polar surface area (TPSA) is 38.9 Å². The smallest absolute Gasteiger partial charge is 0.327 e. The molecule has 1 aromatic heterocycles. The van der Waals surface area contributed by atoms with Crippen molar-refractivity contribution < 1.29 is 13.2 Å². The van der Waals surface area contributed by atoms with Gasteiger partial charge >= 0.3 is 6.18 Å². The van der Waals surface area contributed by atoms with Crippen LogP contribution in [0.5, 0.6) is 0 Å². The lowest BCUT2D eigenvalue weighted by molar-refractivity contribution is -0.131. The fourth-order valence-corrected chi connectivity index (χ4v) is 2.93. The van der Waals surface area contributed by atoms with Crippen LogP contribution in [0.1, 0.15) is 12.6 Å². The van der Waals surface area contributed by atoms with Gasteiger partial charge in [-0.25, -0.2) is 4.98 Å². The van der Waals surface area contributed by atoms with Crippen molar-refractivity contribution >= 4 is 23.1 Å². The van der Waals surface area contributed by atoms with E-state index in [0.29, 0.717) is 16.1 Å². The number of nitrogens with two attached hydrogens (primary N) is 1. The Balaban J connectivity index is 2.76. The Morgan fingerprint density at radius 1 is 1.53 bits per heavy atom. The van der Waals surface area contributed by atoms with E-state index in [9.17, 15) is 13.2 Å². The molecule has 0 aliphatic carbocycles. The summed E-state index contributed by atoms with van der Waals surface area (Å²) >= 11 is 1.89. The number of thiazole rings is 1. The number of aromatic nitrogens is 1. The molecule has 1 rings (SSSR count).